The third-order valence-corrected chi connectivity index (χ3v) is 3.32. The molecule has 2 N–H and O–H groups in total. The number of hydrogen-bond donors (Lipinski definition) is 2. The minimum absolute atomic E-state index is 0.0866. The molecule has 110 valence electrons. The van der Waals surface area contributed by atoms with Crippen molar-refractivity contribution < 1.29 is 9.53 Å². The lowest BCUT2D eigenvalue weighted by Gasteiger charge is -2.12. The highest BCUT2D eigenvalue weighted by Crippen LogP contribution is 2.27. The maximum atomic E-state index is 11.0. The molecule has 0 unspecified atom stereocenters. The molecule has 0 fully saturated rings. The molecule has 0 spiro atoms. The molecule has 21 heavy (non-hydrogen) atoms. The van der Waals surface area contributed by atoms with E-state index >= 15 is 0 Å². The van der Waals surface area contributed by atoms with Crippen molar-refractivity contribution in [1.29, 1.82) is 0 Å². The quantitative estimate of drug-likeness (QED) is 0.880. The van der Waals surface area contributed by atoms with Gasteiger partial charge in [0.15, 0.2) is 0 Å². The summed E-state index contributed by atoms with van der Waals surface area (Å²) in [5.74, 6) is 0.668. The number of carbonyl (C=O) groups is 1. The van der Waals surface area contributed by atoms with E-state index < -0.39 is 0 Å². The highest BCUT2D eigenvalue weighted by atomic mass is 35.5. The number of amides is 1. The fourth-order valence-electron chi connectivity index (χ4n) is 1.97. The normalized spacial score (nSPS) is 10.0. The molecule has 2 aromatic carbocycles. The number of benzene rings is 2. The second kappa shape index (κ2) is 6.99. The zero-order valence-corrected chi connectivity index (χ0v) is 12.7. The van der Waals surface area contributed by atoms with E-state index in [1.165, 1.54) is 6.92 Å². The van der Waals surface area contributed by atoms with E-state index in [2.05, 4.69) is 10.6 Å². The average Bonchev–Trinajstić information content (AvgIpc) is 2.46. The van der Waals surface area contributed by atoms with Crippen LogP contribution in [-0.4, -0.2) is 13.0 Å². The summed E-state index contributed by atoms with van der Waals surface area (Å²) >= 11 is 6.19. The van der Waals surface area contributed by atoms with Gasteiger partial charge in [-0.2, -0.15) is 0 Å². The van der Waals surface area contributed by atoms with Gasteiger partial charge in [0.2, 0.25) is 5.91 Å². The Bertz CT molecular complexity index is 627. The summed E-state index contributed by atoms with van der Waals surface area (Å²) in [5.41, 5.74) is 2.61. The first-order valence-corrected chi connectivity index (χ1v) is 6.91. The van der Waals surface area contributed by atoms with Crippen LogP contribution >= 0.6 is 11.6 Å². The summed E-state index contributed by atoms with van der Waals surface area (Å²) in [6.07, 6.45) is 0. The smallest absolute Gasteiger partial charge is 0.221 e. The van der Waals surface area contributed by atoms with Gasteiger partial charge >= 0.3 is 0 Å². The van der Waals surface area contributed by atoms with E-state index in [4.69, 9.17) is 16.3 Å². The molecule has 0 atom stereocenters. The van der Waals surface area contributed by atoms with Crippen LogP contribution in [0, 0.1) is 0 Å². The molecule has 5 heteroatoms. The van der Waals surface area contributed by atoms with Crippen LogP contribution in [0.15, 0.2) is 42.5 Å². The zero-order valence-electron chi connectivity index (χ0n) is 11.9. The van der Waals surface area contributed by atoms with E-state index in [9.17, 15) is 4.79 Å². The Morgan fingerprint density at radius 1 is 1.14 bits per heavy atom. The van der Waals surface area contributed by atoms with Gasteiger partial charge in [0.05, 0.1) is 7.11 Å². The molecule has 0 saturated carbocycles. The maximum Gasteiger partial charge on any atom is 0.221 e. The highest BCUT2D eigenvalue weighted by Gasteiger charge is 2.07. The van der Waals surface area contributed by atoms with E-state index in [0.717, 1.165) is 22.7 Å². The average molecular weight is 305 g/mol. The van der Waals surface area contributed by atoms with Crippen molar-refractivity contribution in [2.75, 3.05) is 17.7 Å². The van der Waals surface area contributed by atoms with Crippen molar-refractivity contribution in [3.05, 3.63) is 53.1 Å². The number of nitrogens with one attached hydrogen (secondary N) is 2. The van der Waals surface area contributed by atoms with Crippen molar-refractivity contribution in [3.63, 3.8) is 0 Å². The number of ether oxygens (including phenoxy) is 1. The highest BCUT2D eigenvalue weighted by molar-refractivity contribution is 6.31. The number of rotatable bonds is 5. The SMILES string of the molecule is COc1cccc(Cl)c1CNc1ccc(NC(C)=O)cc1. The molecular weight excluding hydrogens is 288 g/mol. The third kappa shape index (κ3) is 4.13. The van der Waals surface area contributed by atoms with Crippen LogP contribution in [0.4, 0.5) is 11.4 Å². The van der Waals surface area contributed by atoms with Crippen LogP contribution in [-0.2, 0) is 11.3 Å². The molecule has 0 heterocycles. The van der Waals surface area contributed by atoms with Gasteiger partial charge in [0, 0.05) is 35.4 Å². The summed E-state index contributed by atoms with van der Waals surface area (Å²) in [5, 5.41) is 6.67. The molecule has 2 rings (SSSR count). The standard InChI is InChI=1S/C16H17ClN2O2/c1-11(20)19-13-8-6-12(7-9-13)18-10-14-15(17)4-3-5-16(14)21-2/h3-9,18H,10H2,1-2H3,(H,19,20). The van der Waals surface area contributed by atoms with Gasteiger partial charge in [0.25, 0.3) is 0 Å². The first kappa shape index (κ1) is 15.2. The molecule has 0 aliphatic heterocycles. The first-order chi connectivity index (χ1) is 10.1. The molecule has 0 aliphatic carbocycles. The summed E-state index contributed by atoms with van der Waals surface area (Å²) in [6.45, 7) is 2.04. The van der Waals surface area contributed by atoms with Crippen molar-refractivity contribution >= 4 is 28.9 Å². The summed E-state index contributed by atoms with van der Waals surface area (Å²) in [4.78, 5) is 11.0. The molecular formula is C16H17ClN2O2. The number of hydrogen-bond acceptors (Lipinski definition) is 3. The lowest BCUT2D eigenvalue weighted by molar-refractivity contribution is -0.114. The monoisotopic (exact) mass is 304 g/mol. The zero-order chi connectivity index (χ0) is 15.2. The topological polar surface area (TPSA) is 50.4 Å². The van der Waals surface area contributed by atoms with Crippen molar-refractivity contribution in [2.45, 2.75) is 13.5 Å². The fraction of sp³-hybridized carbons (Fsp3) is 0.188. The molecule has 0 bridgehead atoms. The van der Waals surface area contributed by atoms with Crippen LogP contribution in [0.25, 0.3) is 0 Å². The van der Waals surface area contributed by atoms with Crippen LogP contribution < -0.4 is 15.4 Å². The summed E-state index contributed by atoms with van der Waals surface area (Å²) < 4.78 is 5.31. The predicted molar refractivity (Wildman–Crippen MR) is 86.1 cm³/mol. The number of anilines is 2. The number of methoxy groups -OCH3 is 1. The molecule has 1 amide bonds. The second-order valence-electron chi connectivity index (χ2n) is 4.53. The van der Waals surface area contributed by atoms with Gasteiger partial charge in [-0.05, 0) is 36.4 Å². The number of carbonyl (C=O) groups excluding carboxylic acids is 1. The Morgan fingerprint density at radius 3 is 2.43 bits per heavy atom. The number of halogens is 1. The molecule has 0 aliphatic rings. The summed E-state index contributed by atoms with van der Waals surface area (Å²) in [6, 6.07) is 13.0. The molecule has 0 saturated heterocycles. The van der Waals surface area contributed by atoms with E-state index in [1.54, 1.807) is 7.11 Å². The Morgan fingerprint density at radius 2 is 1.81 bits per heavy atom. The minimum Gasteiger partial charge on any atom is -0.496 e. The Kier molecular flexibility index (Phi) is 5.06. The molecule has 0 aromatic heterocycles. The van der Waals surface area contributed by atoms with Gasteiger partial charge in [-0.25, -0.2) is 0 Å². The van der Waals surface area contributed by atoms with Gasteiger partial charge in [-0.3, -0.25) is 4.79 Å². The van der Waals surface area contributed by atoms with Crippen LogP contribution in [0.5, 0.6) is 5.75 Å². The van der Waals surface area contributed by atoms with E-state index in [-0.39, 0.29) is 5.91 Å². The van der Waals surface area contributed by atoms with Gasteiger partial charge in [0.1, 0.15) is 5.75 Å². The Hall–Kier alpha value is -2.20. The van der Waals surface area contributed by atoms with Crippen LogP contribution in [0.1, 0.15) is 12.5 Å². The van der Waals surface area contributed by atoms with Crippen LogP contribution in [0.3, 0.4) is 0 Å². The Balaban J connectivity index is 2.05. The molecule has 2 aromatic rings. The predicted octanol–water partition coefficient (Wildman–Crippen LogP) is 3.92. The molecule has 0 radical (unpaired) electrons. The summed E-state index contributed by atoms with van der Waals surface area (Å²) in [7, 11) is 1.62. The van der Waals surface area contributed by atoms with Gasteiger partial charge in [-0.15, -0.1) is 0 Å². The minimum atomic E-state index is -0.0866. The first-order valence-electron chi connectivity index (χ1n) is 6.53. The lowest BCUT2D eigenvalue weighted by Crippen LogP contribution is -2.06. The maximum absolute atomic E-state index is 11.0. The third-order valence-electron chi connectivity index (χ3n) is 2.97. The van der Waals surface area contributed by atoms with Crippen molar-refractivity contribution in [1.82, 2.24) is 0 Å². The lowest BCUT2D eigenvalue weighted by atomic mass is 10.2. The van der Waals surface area contributed by atoms with Gasteiger partial charge in [-0.1, -0.05) is 17.7 Å². The Labute approximate surface area is 129 Å². The van der Waals surface area contributed by atoms with E-state index in [0.29, 0.717) is 11.6 Å². The largest absolute Gasteiger partial charge is 0.496 e. The van der Waals surface area contributed by atoms with Gasteiger partial charge < -0.3 is 15.4 Å². The van der Waals surface area contributed by atoms with Crippen molar-refractivity contribution in [3.8, 4) is 5.75 Å². The van der Waals surface area contributed by atoms with E-state index in [1.807, 2.05) is 42.5 Å². The van der Waals surface area contributed by atoms with Crippen LogP contribution in [0.2, 0.25) is 5.02 Å². The van der Waals surface area contributed by atoms with Crippen molar-refractivity contribution in [2.24, 2.45) is 0 Å². The second-order valence-corrected chi connectivity index (χ2v) is 4.94. The fourth-order valence-corrected chi connectivity index (χ4v) is 2.20. The molecule has 4 nitrogen and oxygen atoms in total.